The second kappa shape index (κ2) is 8.93. The molecule has 0 aliphatic heterocycles. The van der Waals surface area contributed by atoms with Crippen molar-refractivity contribution in [2.45, 2.75) is 40.7 Å². The summed E-state index contributed by atoms with van der Waals surface area (Å²) in [6.07, 6.45) is 2.74. The molecule has 1 heterocycles. The molecular weight excluding hydrogens is 250 g/mol. The summed E-state index contributed by atoms with van der Waals surface area (Å²) in [6.45, 7) is 12.5. The van der Waals surface area contributed by atoms with Gasteiger partial charge >= 0.3 is 0 Å². The van der Waals surface area contributed by atoms with Gasteiger partial charge in [0.15, 0.2) is 0 Å². The molecule has 0 spiro atoms. The Hall–Kier alpha value is -1.13. The molecule has 20 heavy (non-hydrogen) atoms. The third-order valence-corrected chi connectivity index (χ3v) is 3.26. The molecule has 0 aliphatic rings. The Morgan fingerprint density at radius 1 is 1.40 bits per heavy atom. The fourth-order valence-corrected chi connectivity index (χ4v) is 2.23. The number of aryl methyl sites for hydroxylation is 1. The number of anilines is 1. The maximum absolute atomic E-state index is 8.96. The maximum atomic E-state index is 8.96. The number of nitrogens with one attached hydrogen (secondary N) is 1. The zero-order valence-corrected chi connectivity index (χ0v) is 13.3. The average molecular weight is 279 g/mol. The molecule has 0 radical (unpaired) electrons. The van der Waals surface area contributed by atoms with E-state index in [9.17, 15) is 0 Å². The van der Waals surface area contributed by atoms with Crippen molar-refractivity contribution >= 4 is 5.82 Å². The van der Waals surface area contributed by atoms with Gasteiger partial charge in [-0.3, -0.25) is 0 Å². The Bertz CT molecular complexity index is 393. The van der Waals surface area contributed by atoms with Gasteiger partial charge in [0.25, 0.3) is 0 Å². The fraction of sp³-hybridized carbons (Fsp3) is 0.688. The number of aliphatic hydroxyl groups is 1. The molecule has 0 atom stereocenters. The van der Waals surface area contributed by atoms with Crippen molar-refractivity contribution in [2.24, 2.45) is 5.92 Å². The smallest absolute Gasteiger partial charge is 0.131 e. The molecule has 0 saturated carbocycles. The van der Waals surface area contributed by atoms with Gasteiger partial charge < -0.3 is 15.3 Å². The zero-order chi connectivity index (χ0) is 15.0. The summed E-state index contributed by atoms with van der Waals surface area (Å²) in [7, 11) is 0. The van der Waals surface area contributed by atoms with Crippen molar-refractivity contribution in [3.63, 3.8) is 0 Å². The zero-order valence-electron chi connectivity index (χ0n) is 13.3. The number of rotatable bonds is 9. The predicted octanol–water partition coefficient (Wildman–Crippen LogP) is 2.34. The normalized spacial score (nSPS) is 11.1. The Balaban J connectivity index is 2.66. The molecule has 1 aromatic rings. The molecule has 0 bridgehead atoms. The highest BCUT2D eigenvalue weighted by Gasteiger charge is 2.09. The molecule has 0 aliphatic carbocycles. The quantitative estimate of drug-likeness (QED) is 0.728. The van der Waals surface area contributed by atoms with Crippen LogP contribution in [0.15, 0.2) is 12.3 Å². The molecule has 114 valence electrons. The van der Waals surface area contributed by atoms with Crippen LogP contribution in [0.5, 0.6) is 0 Å². The summed E-state index contributed by atoms with van der Waals surface area (Å²) in [5.74, 6) is 1.70. The molecule has 0 aromatic carbocycles. The van der Waals surface area contributed by atoms with Crippen LogP contribution in [-0.2, 0) is 6.54 Å². The third kappa shape index (κ3) is 5.47. The van der Waals surface area contributed by atoms with Crippen LogP contribution < -0.4 is 10.2 Å². The first-order chi connectivity index (χ1) is 9.58. The van der Waals surface area contributed by atoms with E-state index in [0.29, 0.717) is 5.92 Å². The van der Waals surface area contributed by atoms with Gasteiger partial charge in [0.1, 0.15) is 5.82 Å². The van der Waals surface area contributed by atoms with Gasteiger partial charge in [0.05, 0.1) is 0 Å². The van der Waals surface area contributed by atoms with E-state index in [1.807, 2.05) is 6.20 Å². The van der Waals surface area contributed by atoms with Crippen molar-refractivity contribution < 1.29 is 5.11 Å². The van der Waals surface area contributed by atoms with E-state index in [-0.39, 0.29) is 6.61 Å². The van der Waals surface area contributed by atoms with E-state index >= 15 is 0 Å². The van der Waals surface area contributed by atoms with Crippen LogP contribution in [0.3, 0.4) is 0 Å². The van der Waals surface area contributed by atoms with Crippen LogP contribution in [0.1, 0.15) is 38.3 Å². The topological polar surface area (TPSA) is 48.4 Å². The summed E-state index contributed by atoms with van der Waals surface area (Å²) in [5, 5.41) is 12.4. The lowest BCUT2D eigenvalue weighted by atomic mass is 10.1. The molecular formula is C16H29N3O. The number of aliphatic hydroxyl groups excluding tert-OH is 1. The largest absolute Gasteiger partial charge is 0.396 e. The molecule has 2 N–H and O–H groups in total. The average Bonchev–Trinajstić information content (AvgIpc) is 2.41. The van der Waals surface area contributed by atoms with E-state index in [1.165, 1.54) is 11.1 Å². The minimum atomic E-state index is 0.229. The summed E-state index contributed by atoms with van der Waals surface area (Å²) in [6, 6.07) is 2.21. The monoisotopic (exact) mass is 279 g/mol. The van der Waals surface area contributed by atoms with Crippen LogP contribution >= 0.6 is 0 Å². The van der Waals surface area contributed by atoms with Gasteiger partial charge in [-0.25, -0.2) is 4.98 Å². The first-order valence-electron chi connectivity index (χ1n) is 7.60. The molecule has 0 saturated heterocycles. The second-order valence-corrected chi connectivity index (χ2v) is 5.67. The lowest BCUT2D eigenvalue weighted by Crippen LogP contribution is -2.26. The van der Waals surface area contributed by atoms with Gasteiger partial charge in [0, 0.05) is 32.4 Å². The lowest BCUT2D eigenvalue weighted by Gasteiger charge is -2.23. The fourth-order valence-electron chi connectivity index (χ4n) is 2.23. The summed E-state index contributed by atoms with van der Waals surface area (Å²) in [5.41, 5.74) is 2.43. The first kappa shape index (κ1) is 16.9. The summed E-state index contributed by atoms with van der Waals surface area (Å²) < 4.78 is 0. The highest BCUT2D eigenvalue weighted by Crippen LogP contribution is 2.18. The Labute approximate surface area is 123 Å². The maximum Gasteiger partial charge on any atom is 0.131 e. The van der Waals surface area contributed by atoms with E-state index in [0.717, 1.165) is 38.4 Å². The number of nitrogens with zero attached hydrogens (tertiary/aromatic N) is 2. The van der Waals surface area contributed by atoms with Crippen molar-refractivity contribution in [1.29, 1.82) is 0 Å². The van der Waals surface area contributed by atoms with Gasteiger partial charge in [-0.05, 0) is 49.9 Å². The van der Waals surface area contributed by atoms with Crippen molar-refractivity contribution in [3.8, 4) is 0 Å². The van der Waals surface area contributed by atoms with Crippen molar-refractivity contribution in [2.75, 3.05) is 31.1 Å². The predicted molar refractivity (Wildman–Crippen MR) is 85.1 cm³/mol. The highest BCUT2D eigenvalue weighted by atomic mass is 16.3. The number of aromatic nitrogens is 1. The number of hydrogen-bond donors (Lipinski definition) is 2. The Kier molecular flexibility index (Phi) is 7.55. The van der Waals surface area contributed by atoms with Gasteiger partial charge in [-0.2, -0.15) is 0 Å². The van der Waals surface area contributed by atoms with Crippen molar-refractivity contribution in [1.82, 2.24) is 10.3 Å². The molecule has 1 aromatic heterocycles. The molecule has 4 heteroatoms. The van der Waals surface area contributed by atoms with Gasteiger partial charge in [0.2, 0.25) is 0 Å². The van der Waals surface area contributed by atoms with Crippen LogP contribution in [0, 0.1) is 12.8 Å². The lowest BCUT2D eigenvalue weighted by molar-refractivity contribution is 0.289. The van der Waals surface area contributed by atoms with E-state index in [2.05, 4.69) is 49.0 Å². The van der Waals surface area contributed by atoms with Crippen LogP contribution in [0.2, 0.25) is 0 Å². The van der Waals surface area contributed by atoms with Crippen LogP contribution in [-0.4, -0.2) is 36.3 Å². The number of pyridine rings is 1. The van der Waals surface area contributed by atoms with E-state index < -0.39 is 0 Å². The van der Waals surface area contributed by atoms with E-state index in [4.69, 9.17) is 5.11 Å². The molecule has 4 nitrogen and oxygen atoms in total. The minimum absolute atomic E-state index is 0.229. The molecule has 0 amide bonds. The van der Waals surface area contributed by atoms with Crippen LogP contribution in [0.25, 0.3) is 0 Å². The van der Waals surface area contributed by atoms with Gasteiger partial charge in [-0.1, -0.05) is 13.8 Å². The SMILES string of the molecule is CCN(CCCO)c1ncc(CNCC(C)C)cc1C. The first-order valence-corrected chi connectivity index (χ1v) is 7.60. The van der Waals surface area contributed by atoms with Crippen molar-refractivity contribution in [3.05, 3.63) is 23.4 Å². The molecule has 1 rings (SSSR count). The highest BCUT2D eigenvalue weighted by molar-refractivity contribution is 5.47. The second-order valence-electron chi connectivity index (χ2n) is 5.67. The standard InChI is InChI=1S/C16H29N3O/c1-5-19(7-6-8-20)16-14(4)9-15(12-18-16)11-17-10-13(2)3/h9,12-13,17,20H,5-8,10-11H2,1-4H3. The molecule has 0 fully saturated rings. The minimum Gasteiger partial charge on any atom is -0.396 e. The van der Waals surface area contributed by atoms with Gasteiger partial charge in [-0.15, -0.1) is 0 Å². The third-order valence-electron chi connectivity index (χ3n) is 3.26. The molecule has 0 unspecified atom stereocenters. The Morgan fingerprint density at radius 2 is 2.15 bits per heavy atom. The van der Waals surface area contributed by atoms with Crippen LogP contribution in [0.4, 0.5) is 5.82 Å². The van der Waals surface area contributed by atoms with E-state index in [1.54, 1.807) is 0 Å². The summed E-state index contributed by atoms with van der Waals surface area (Å²) >= 11 is 0. The Morgan fingerprint density at radius 3 is 2.70 bits per heavy atom. The summed E-state index contributed by atoms with van der Waals surface area (Å²) in [4.78, 5) is 6.82. The number of hydrogen-bond acceptors (Lipinski definition) is 4.